The minimum Gasteiger partial charge on any atom is -0.416 e. The normalized spacial score (nSPS) is 14.4. The number of nitrogens with one attached hydrogen (secondary N) is 1. The highest BCUT2D eigenvalue weighted by Gasteiger charge is 2.58. The lowest BCUT2D eigenvalue weighted by Gasteiger charge is -2.15. The predicted molar refractivity (Wildman–Crippen MR) is 50.0 cm³/mol. The van der Waals surface area contributed by atoms with Crippen LogP contribution in [-0.2, 0) is 32.0 Å². The fourth-order valence-corrected chi connectivity index (χ4v) is 3.05. The second kappa shape index (κ2) is 5.09. The summed E-state index contributed by atoms with van der Waals surface area (Å²) in [4.78, 5) is 0. The van der Waals surface area contributed by atoms with Gasteiger partial charge in [-0.15, -0.1) is 10.2 Å². The van der Waals surface area contributed by atoms with Gasteiger partial charge in [0.15, 0.2) is 6.67 Å². The summed E-state index contributed by atoms with van der Waals surface area (Å²) in [6.07, 6.45) is 0. The third-order valence-electron chi connectivity index (χ3n) is 1.69. The maximum Gasteiger partial charge on any atom is 0.512 e. The molecule has 0 aliphatic rings. The molecule has 16 heteroatoms. The molecule has 21 heavy (non-hydrogen) atoms. The molecule has 0 saturated carbocycles. The maximum absolute atomic E-state index is 13.4. The lowest BCUT2D eigenvalue weighted by molar-refractivity contribution is -0.0442. The average molecular weight is 363 g/mol. The van der Waals surface area contributed by atoms with Gasteiger partial charge in [0.05, 0.1) is 0 Å². The van der Waals surface area contributed by atoms with Crippen LogP contribution in [0.5, 0.6) is 0 Å². The van der Waals surface area contributed by atoms with Crippen LogP contribution in [0.1, 0.15) is 11.8 Å². The van der Waals surface area contributed by atoms with Crippen LogP contribution in [0.2, 0.25) is 0 Å². The summed E-state index contributed by atoms with van der Waals surface area (Å²) in [5, 5.41) is -0.302. The molecule has 0 bridgehead atoms. The van der Waals surface area contributed by atoms with Crippen molar-refractivity contribution in [3.05, 3.63) is 11.8 Å². The van der Waals surface area contributed by atoms with Gasteiger partial charge in [0, 0.05) is 0 Å². The molecule has 122 valence electrons. The van der Waals surface area contributed by atoms with E-state index in [-0.39, 0.29) is 4.13 Å². The highest BCUT2D eigenvalue weighted by molar-refractivity contribution is 8.05. The number of sulfonamides is 2. The van der Waals surface area contributed by atoms with E-state index in [1.165, 1.54) is 0 Å². The quantitative estimate of drug-likeness (QED) is 0.750. The van der Waals surface area contributed by atoms with E-state index in [2.05, 4.69) is 14.6 Å². The first-order chi connectivity index (χ1) is 9.24. The molecule has 0 amide bonds. The first-order valence-corrected chi connectivity index (χ1v) is 7.32. The van der Waals surface area contributed by atoms with Crippen LogP contribution in [0.4, 0.5) is 26.3 Å². The van der Waals surface area contributed by atoms with Gasteiger partial charge in [-0.05, 0) is 0 Å². The predicted octanol–water partition coefficient (Wildman–Crippen LogP) is 0.357. The Labute approximate surface area is 112 Å². The summed E-state index contributed by atoms with van der Waals surface area (Å²) >= 11 is 0. The molecule has 0 radical (unpaired) electrons. The molecule has 1 aromatic rings. The van der Waals surface area contributed by atoms with Gasteiger partial charge in [0.1, 0.15) is 0 Å². The van der Waals surface area contributed by atoms with E-state index < -0.39 is 49.3 Å². The van der Waals surface area contributed by atoms with Crippen LogP contribution >= 0.6 is 0 Å². The molecular formula is C5H3F6N3O5S2. The van der Waals surface area contributed by atoms with Crippen molar-refractivity contribution in [1.29, 1.82) is 0 Å². The van der Waals surface area contributed by atoms with Crippen LogP contribution in [-0.4, -0.2) is 32.5 Å². The van der Waals surface area contributed by atoms with Gasteiger partial charge in [0.25, 0.3) is 0 Å². The molecule has 0 aliphatic carbocycles. The van der Waals surface area contributed by atoms with Crippen molar-refractivity contribution in [3.63, 3.8) is 0 Å². The minimum atomic E-state index is -6.63. The van der Waals surface area contributed by atoms with E-state index in [9.17, 15) is 43.2 Å². The molecule has 0 aromatic carbocycles. The monoisotopic (exact) mass is 363 g/mol. The summed E-state index contributed by atoms with van der Waals surface area (Å²) in [7, 11) is -13.1. The highest BCUT2D eigenvalue weighted by Crippen LogP contribution is 2.34. The maximum atomic E-state index is 13.4. The number of hydrogen-bond acceptors (Lipinski definition) is 7. The Hall–Kier alpha value is -1.42. The Balaban J connectivity index is 3.23. The summed E-state index contributed by atoms with van der Waals surface area (Å²) in [5.41, 5.74) is -6.16. The molecule has 8 nitrogen and oxygen atoms in total. The third kappa shape index (κ3) is 3.26. The van der Waals surface area contributed by atoms with E-state index >= 15 is 0 Å². The van der Waals surface area contributed by atoms with Crippen molar-refractivity contribution >= 4 is 20.0 Å². The minimum absolute atomic E-state index is 0.213. The molecule has 1 aromatic heterocycles. The number of rotatable bonds is 5. The third-order valence-corrected chi connectivity index (χ3v) is 4.91. The Morgan fingerprint density at radius 1 is 1.00 bits per heavy atom. The Morgan fingerprint density at radius 3 is 1.90 bits per heavy atom. The fourth-order valence-electron chi connectivity index (χ4n) is 0.784. The van der Waals surface area contributed by atoms with E-state index in [4.69, 9.17) is 0 Å². The van der Waals surface area contributed by atoms with E-state index in [1.54, 1.807) is 0 Å². The SMILES string of the molecule is O=S(=O)(NS(=O)(=O)C(F)(F)c1nnc(CF)o1)C(F)(F)F. The Morgan fingerprint density at radius 2 is 1.52 bits per heavy atom. The number of halogens is 6. The number of hydrogen-bond donors (Lipinski definition) is 1. The molecule has 1 rings (SSSR count). The average Bonchev–Trinajstić information content (AvgIpc) is 2.74. The number of aromatic nitrogens is 2. The van der Waals surface area contributed by atoms with Gasteiger partial charge in [-0.1, -0.05) is 4.13 Å². The lowest BCUT2D eigenvalue weighted by Crippen LogP contribution is -2.46. The molecule has 0 unspecified atom stereocenters. The zero-order valence-corrected chi connectivity index (χ0v) is 10.9. The van der Waals surface area contributed by atoms with Crippen molar-refractivity contribution in [1.82, 2.24) is 14.3 Å². The summed E-state index contributed by atoms with van der Waals surface area (Å²) in [6.45, 7) is -1.56. The molecule has 0 atom stereocenters. The number of alkyl halides is 6. The molecular weight excluding hydrogens is 360 g/mol. The summed E-state index contributed by atoms with van der Waals surface area (Å²) < 4.78 is 121. The zero-order chi connectivity index (χ0) is 16.7. The van der Waals surface area contributed by atoms with Crippen molar-refractivity contribution in [3.8, 4) is 0 Å². The van der Waals surface area contributed by atoms with E-state index in [0.717, 1.165) is 0 Å². The van der Waals surface area contributed by atoms with Crippen LogP contribution < -0.4 is 4.13 Å². The van der Waals surface area contributed by atoms with Gasteiger partial charge < -0.3 is 4.42 Å². The van der Waals surface area contributed by atoms with E-state index in [1.807, 2.05) is 0 Å². The van der Waals surface area contributed by atoms with Crippen LogP contribution in [0.15, 0.2) is 4.42 Å². The molecule has 0 spiro atoms. The largest absolute Gasteiger partial charge is 0.512 e. The van der Waals surface area contributed by atoms with Gasteiger partial charge in [-0.3, -0.25) is 0 Å². The van der Waals surface area contributed by atoms with Gasteiger partial charge >= 0.3 is 36.7 Å². The first kappa shape index (κ1) is 17.6. The van der Waals surface area contributed by atoms with Crippen molar-refractivity contribution < 1.29 is 47.6 Å². The van der Waals surface area contributed by atoms with Crippen LogP contribution in [0, 0.1) is 0 Å². The Kier molecular flexibility index (Phi) is 4.28. The van der Waals surface area contributed by atoms with Crippen molar-refractivity contribution in [2.24, 2.45) is 0 Å². The lowest BCUT2D eigenvalue weighted by atomic mass is 10.7. The molecule has 1 heterocycles. The summed E-state index contributed by atoms with van der Waals surface area (Å²) in [6, 6.07) is 0. The van der Waals surface area contributed by atoms with Crippen molar-refractivity contribution in [2.75, 3.05) is 0 Å². The Bertz CT molecular complexity index is 722. The standard InChI is InChI=1S/C5H3F6N3O5S2/c6-1-2-12-13-3(19-2)4(7,8)20(15,16)14-21(17,18)5(9,10)11/h14H,1H2. The van der Waals surface area contributed by atoms with Gasteiger partial charge in [0.2, 0.25) is 5.89 Å². The second-order valence-corrected chi connectivity index (χ2v) is 6.84. The topological polar surface area (TPSA) is 119 Å². The van der Waals surface area contributed by atoms with Crippen LogP contribution in [0.3, 0.4) is 0 Å². The van der Waals surface area contributed by atoms with E-state index in [0.29, 0.717) is 0 Å². The smallest absolute Gasteiger partial charge is 0.416 e. The molecule has 0 saturated heterocycles. The van der Waals surface area contributed by atoms with Crippen LogP contribution in [0.25, 0.3) is 0 Å². The molecule has 0 aliphatic heterocycles. The summed E-state index contributed by atoms with van der Waals surface area (Å²) in [5.74, 6) is -3.18. The second-order valence-electron chi connectivity index (χ2n) is 3.19. The number of nitrogens with zero attached hydrogens (tertiary/aromatic N) is 2. The zero-order valence-electron chi connectivity index (χ0n) is 9.23. The first-order valence-electron chi connectivity index (χ1n) is 4.35. The highest BCUT2D eigenvalue weighted by atomic mass is 32.3. The van der Waals surface area contributed by atoms with Crippen molar-refractivity contribution in [2.45, 2.75) is 17.4 Å². The molecule has 1 N–H and O–H groups in total. The van der Waals surface area contributed by atoms with Gasteiger partial charge in [-0.2, -0.15) is 22.0 Å². The fraction of sp³-hybridized carbons (Fsp3) is 0.600. The molecule has 0 fully saturated rings. The van der Waals surface area contributed by atoms with Gasteiger partial charge in [-0.25, -0.2) is 21.2 Å².